The lowest BCUT2D eigenvalue weighted by atomic mass is 10.2. The summed E-state index contributed by atoms with van der Waals surface area (Å²) in [5.41, 5.74) is 3.31. The van der Waals surface area contributed by atoms with Gasteiger partial charge in [0, 0.05) is 24.7 Å². The highest BCUT2D eigenvalue weighted by Crippen LogP contribution is 2.18. The lowest BCUT2D eigenvalue weighted by molar-refractivity contribution is 0.0954. The largest absolute Gasteiger partial charge is 0.444 e. The van der Waals surface area contributed by atoms with Crippen molar-refractivity contribution in [2.45, 2.75) is 13.3 Å². The molecule has 1 N–H and O–H groups in total. The van der Waals surface area contributed by atoms with E-state index in [0.29, 0.717) is 35.8 Å². The van der Waals surface area contributed by atoms with Gasteiger partial charge in [0.05, 0.1) is 22.3 Å². The van der Waals surface area contributed by atoms with Crippen LogP contribution in [0.15, 0.2) is 57.8 Å². The fourth-order valence-corrected chi connectivity index (χ4v) is 2.61. The first-order valence-corrected chi connectivity index (χ1v) is 8.21. The molecule has 0 atom stereocenters. The number of carbonyl (C=O) groups is 1. The Kier molecular flexibility index (Phi) is 4.18. The fourth-order valence-electron chi connectivity index (χ4n) is 2.61. The van der Waals surface area contributed by atoms with Gasteiger partial charge in [-0.1, -0.05) is 23.4 Å². The van der Waals surface area contributed by atoms with E-state index in [-0.39, 0.29) is 5.91 Å². The van der Waals surface area contributed by atoms with E-state index >= 15 is 0 Å². The summed E-state index contributed by atoms with van der Waals surface area (Å²) in [6.45, 7) is 2.25. The van der Waals surface area contributed by atoms with Crippen molar-refractivity contribution in [1.29, 1.82) is 0 Å². The first-order chi connectivity index (χ1) is 12.7. The van der Waals surface area contributed by atoms with E-state index in [2.05, 4.69) is 20.4 Å². The Bertz CT molecular complexity index is 1050. The predicted octanol–water partition coefficient (Wildman–Crippen LogP) is 3.16. The number of hydrogen-bond acceptors (Lipinski definition) is 6. The highest BCUT2D eigenvalue weighted by Gasteiger charge is 2.12. The van der Waals surface area contributed by atoms with Crippen LogP contribution in [0, 0.1) is 6.92 Å². The number of carbonyl (C=O) groups excluding carboxylic acids is 1. The van der Waals surface area contributed by atoms with Crippen LogP contribution >= 0.6 is 0 Å². The highest BCUT2D eigenvalue weighted by molar-refractivity contribution is 5.96. The molecule has 0 aliphatic carbocycles. The Morgan fingerprint density at radius 1 is 1.23 bits per heavy atom. The van der Waals surface area contributed by atoms with Crippen molar-refractivity contribution < 1.29 is 13.7 Å². The van der Waals surface area contributed by atoms with E-state index in [1.54, 1.807) is 12.3 Å². The molecule has 1 aromatic carbocycles. The molecule has 0 spiro atoms. The number of hydrogen-bond donors (Lipinski definition) is 1. The SMILES string of the molecule is Cc1noc2ncc(C(=O)NCCc3coc(-c4ccccc4)n3)cc12. The molecule has 130 valence electrons. The minimum absolute atomic E-state index is 0.202. The summed E-state index contributed by atoms with van der Waals surface area (Å²) in [5, 5.41) is 7.44. The van der Waals surface area contributed by atoms with Crippen LogP contribution in [-0.2, 0) is 6.42 Å². The molecule has 0 radical (unpaired) electrons. The molecule has 0 fully saturated rings. The lowest BCUT2D eigenvalue weighted by Gasteiger charge is -2.03. The van der Waals surface area contributed by atoms with E-state index < -0.39 is 0 Å². The second kappa shape index (κ2) is 6.79. The van der Waals surface area contributed by atoms with Crippen LogP contribution in [0.25, 0.3) is 22.6 Å². The number of fused-ring (bicyclic) bond motifs is 1. The smallest absolute Gasteiger partial charge is 0.257 e. The minimum atomic E-state index is -0.202. The average molecular weight is 348 g/mol. The summed E-state index contributed by atoms with van der Waals surface area (Å²) in [6.07, 6.45) is 3.67. The second-order valence-electron chi connectivity index (χ2n) is 5.86. The van der Waals surface area contributed by atoms with Crippen molar-refractivity contribution in [2.75, 3.05) is 6.54 Å². The maximum atomic E-state index is 12.3. The number of benzene rings is 1. The van der Waals surface area contributed by atoms with Gasteiger partial charge in [-0.25, -0.2) is 9.97 Å². The molecule has 7 heteroatoms. The third-order valence-electron chi connectivity index (χ3n) is 4.01. The lowest BCUT2D eigenvalue weighted by Crippen LogP contribution is -2.25. The number of pyridine rings is 1. The van der Waals surface area contributed by atoms with Gasteiger partial charge in [-0.3, -0.25) is 4.79 Å². The van der Waals surface area contributed by atoms with E-state index in [0.717, 1.165) is 16.6 Å². The highest BCUT2D eigenvalue weighted by atomic mass is 16.5. The molecule has 0 saturated carbocycles. The zero-order valence-electron chi connectivity index (χ0n) is 14.1. The van der Waals surface area contributed by atoms with Gasteiger partial charge in [-0.2, -0.15) is 0 Å². The molecule has 7 nitrogen and oxygen atoms in total. The topological polar surface area (TPSA) is 94.0 Å². The van der Waals surface area contributed by atoms with E-state index in [4.69, 9.17) is 8.94 Å². The number of amides is 1. The van der Waals surface area contributed by atoms with Crippen molar-refractivity contribution in [3.8, 4) is 11.5 Å². The number of nitrogens with zero attached hydrogens (tertiary/aromatic N) is 3. The molecular formula is C19H16N4O3. The summed E-state index contributed by atoms with van der Waals surface area (Å²) < 4.78 is 10.5. The van der Waals surface area contributed by atoms with Crippen molar-refractivity contribution in [2.24, 2.45) is 0 Å². The predicted molar refractivity (Wildman–Crippen MR) is 94.5 cm³/mol. The minimum Gasteiger partial charge on any atom is -0.444 e. The van der Waals surface area contributed by atoms with Gasteiger partial charge in [-0.15, -0.1) is 0 Å². The third-order valence-corrected chi connectivity index (χ3v) is 4.01. The van der Waals surface area contributed by atoms with Crippen LogP contribution in [0.1, 0.15) is 21.7 Å². The van der Waals surface area contributed by atoms with E-state index in [1.807, 2.05) is 37.3 Å². The number of rotatable bonds is 5. The molecule has 0 aliphatic rings. The Labute approximate surface area is 149 Å². The van der Waals surface area contributed by atoms with Crippen LogP contribution in [0.2, 0.25) is 0 Å². The number of nitrogens with one attached hydrogen (secondary N) is 1. The fraction of sp³-hybridized carbons (Fsp3) is 0.158. The Hall–Kier alpha value is -3.48. The van der Waals surface area contributed by atoms with Gasteiger partial charge >= 0.3 is 0 Å². The first-order valence-electron chi connectivity index (χ1n) is 8.21. The Morgan fingerprint density at radius 3 is 2.92 bits per heavy atom. The van der Waals surface area contributed by atoms with Crippen LogP contribution in [0.3, 0.4) is 0 Å². The van der Waals surface area contributed by atoms with Crippen LogP contribution in [0.5, 0.6) is 0 Å². The van der Waals surface area contributed by atoms with Gasteiger partial charge < -0.3 is 14.3 Å². The molecule has 4 rings (SSSR count). The second-order valence-corrected chi connectivity index (χ2v) is 5.86. The van der Waals surface area contributed by atoms with Crippen LogP contribution in [-0.4, -0.2) is 27.6 Å². The molecule has 26 heavy (non-hydrogen) atoms. The van der Waals surface area contributed by atoms with Crippen LogP contribution < -0.4 is 5.32 Å². The summed E-state index contributed by atoms with van der Waals surface area (Å²) in [7, 11) is 0. The number of aromatic nitrogens is 3. The zero-order chi connectivity index (χ0) is 17.9. The Balaban J connectivity index is 1.37. The van der Waals surface area contributed by atoms with Crippen LogP contribution in [0.4, 0.5) is 0 Å². The molecular weight excluding hydrogens is 332 g/mol. The van der Waals surface area contributed by atoms with Crippen molar-refractivity contribution in [3.05, 3.63) is 65.8 Å². The van der Waals surface area contributed by atoms with Gasteiger partial charge in [-0.05, 0) is 25.1 Å². The van der Waals surface area contributed by atoms with Gasteiger partial charge in [0.25, 0.3) is 11.6 Å². The summed E-state index contributed by atoms with van der Waals surface area (Å²) in [5.74, 6) is 0.372. The van der Waals surface area contributed by atoms with Gasteiger partial charge in [0.15, 0.2) is 0 Å². The maximum Gasteiger partial charge on any atom is 0.257 e. The Morgan fingerprint density at radius 2 is 2.08 bits per heavy atom. The number of aryl methyl sites for hydroxylation is 1. The van der Waals surface area contributed by atoms with Crippen molar-refractivity contribution >= 4 is 17.0 Å². The zero-order valence-corrected chi connectivity index (χ0v) is 14.1. The quantitative estimate of drug-likeness (QED) is 0.595. The van der Waals surface area contributed by atoms with Gasteiger partial charge in [0.2, 0.25) is 5.89 Å². The third kappa shape index (κ3) is 3.19. The molecule has 3 heterocycles. The number of oxazole rings is 1. The molecule has 3 aromatic heterocycles. The molecule has 1 amide bonds. The molecule has 0 unspecified atom stereocenters. The summed E-state index contributed by atoms with van der Waals surface area (Å²) in [4.78, 5) is 20.8. The van der Waals surface area contributed by atoms with E-state index in [9.17, 15) is 4.79 Å². The van der Waals surface area contributed by atoms with Crippen molar-refractivity contribution in [1.82, 2.24) is 20.4 Å². The standard InChI is InChI=1S/C19H16N4O3/c1-12-16-9-14(10-21-19(16)26-23-12)17(24)20-8-7-15-11-25-18(22-15)13-5-3-2-4-6-13/h2-6,9-11H,7-8H2,1H3,(H,20,24). The summed E-state index contributed by atoms with van der Waals surface area (Å²) >= 11 is 0. The monoisotopic (exact) mass is 348 g/mol. The molecule has 4 aromatic rings. The summed E-state index contributed by atoms with van der Waals surface area (Å²) in [6, 6.07) is 11.4. The molecule has 0 aliphatic heterocycles. The molecule has 0 saturated heterocycles. The molecule has 0 bridgehead atoms. The van der Waals surface area contributed by atoms with E-state index in [1.165, 1.54) is 6.20 Å². The first kappa shape index (κ1) is 16.0. The maximum absolute atomic E-state index is 12.3. The normalized spacial score (nSPS) is 11.0. The van der Waals surface area contributed by atoms with Gasteiger partial charge in [0.1, 0.15) is 6.26 Å². The average Bonchev–Trinajstić information content (AvgIpc) is 3.29. The van der Waals surface area contributed by atoms with Crippen molar-refractivity contribution in [3.63, 3.8) is 0 Å².